The van der Waals surface area contributed by atoms with Crippen LogP contribution in [0, 0.1) is 10.1 Å². The number of urea groups is 1. The van der Waals surface area contributed by atoms with Crippen molar-refractivity contribution in [1.82, 2.24) is 10.6 Å². The first kappa shape index (κ1) is 20.9. The normalized spacial score (nSPS) is 11.4. The minimum atomic E-state index is -1.27. The van der Waals surface area contributed by atoms with Gasteiger partial charge in [0, 0.05) is 12.1 Å². The van der Waals surface area contributed by atoms with E-state index in [9.17, 15) is 24.5 Å². The number of hydrogen-bond donors (Lipinski definition) is 2. The van der Waals surface area contributed by atoms with Gasteiger partial charge in [0.05, 0.1) is 17.1 Å². The van der Waals surface area contributed by atoms with Crippen molar-refractivity contribution in [3.05, 3.63) is 33.9 Å². The first-order valence-electron chi connectivity index (χ1n) is 7.89. The van der Waals surface area contributed by atoms with Gasteiger partial charge in [-0.15, -0.1) is 0 Å². The molecule has 1 aromatic rings. The Morgan fingerprint density at radius 2 is 1.88 bits per heavy atom. The minimum absolute atomic E-state index is 0.0187. The van der Waals surface area contributed by atoms with Gasteiger partial charge in [0.15, 0.2) is 11.9 Å². The van der Waals surface area contributed by atoms with Crippen LogP contribution in [0.3, 0.4) is 0 Å². The van der Waals surface area contributed by atoms with Crippen LogP contribution < -0.4 is 15.4 Å². The lowest BCUT2D eigenvalue weighted by Crippen LogP contribution is -2.46. The second-order valence-electron chi connectivity index (χ2n) is 5.54. The molecule has 0 bridgehead atoms. The summed E-state index contributed by atoms with van der Waals surface area (Å²) in [6, 6.07) is 2.67. The summed E-state index contributed by atoms with van der Waals surface area (Å²) < 4.78 is 10.1. The van der Waals surface area contributed by atoms with Crippen LogP contribution in [0.15, 0.2) is 18.2 Å². The average Bonchev–Trinajstić information content (AvgIpc) is 2.54. The molecule has 0 aliphatic carbocycles. The second-order valence-corrected chi connectivity index (χ2v) is 5.54. The highest BCUT2D eigenvalue weighted by atomic mass is 16.6. The Morgan fingerprint density at radius 3 is 2.42 bits per heavy atom. The molecule has 2 N–H and O–H groups in total. The molecule has 0 aliphatic heterocycles. The Kier molecular flexibility index (Phi) is 7.51. The molecule has 0 radical (unpaired) electrons. The fourth-order valence-electron chi connectivity index (χ4n) is 1.86. The molecule has 0 aliphatic rings. The first-order valence-corrected chi connectivity index (χ1v) is 7.89. The molecular weight excluding hydrogens is 346 g/mol. The predicted molar refractivity (Wildman–Crippen MR) is 91.0 cm³/mol. The number of hydrogen-bond acceptors (Lipinski definition) is 7. The van der Waals surface area contributed by atoms with Crippen LogP contribution >= 0.6 is 0 Å². The van der Waals surface area contributed by atoms with E-state index in [1.165, 1.54) is 19.1 Å². The monoisotopic (exact) mass is 367 g/mol. The van der Waals surface area contributed by atoms with E-state index in [1.807, 2.05) is 5.32 Å². The van der Waals surface area contributed by atoms with Crippen LogP contribution in [-0.2, 0) is 9.53 Å². The summed E-state index contributed by atoms with van der Waals surface area (Å²) in [6.45, 7) is 6.60. The van der Waals surface area contributed by atoms with Gasteiger partial charge in [-0.2, -0.15) is 0 Å². The lowest BCUT2D eigenvalue weighted by atomic mass is 10.2. The van der Waals surface area contributed by atoms with Crippen molar-refractivity contribution in [2.45, 2.75) is 39.8 Å². The number of nitro benzene ring substituents is 1. The Morgan fingerprint density at radius 1 is 1.23 bits per heavy atom. The Labute approximate surface area is 150 Å². The summed E-state index contributed by atoms with van der Waals surface area (Å²) in [7, 11) is 0. The van der Waals surface area contributed by atoms with E-state index in [-0.39, 0.29) is 24.0 Å². The SMILES string of the molecule is CCOc1ccc(C(=O)O[C@H](C)C(=O)NC(=O)NC(C)C)cc1[N+](=O)[O-]. The van der Waals surface area contributed by atoms with E-state index < -0.39 is 34.6 Å². The third-order valence-electron chi connectivity index (χ3n) is 3.00. The highest BCUT2D eigenvalue weighted by Crippen LogP contribution is 2.28. The number of carbonyl (C=O) groups is 3. The molecular formula is C16H21N3O7. The molecule has 0 unspecified atom stereocenters. The fraction of sp³-hybridized carbons (Fsp3) is 0.438. The van der Waals surface area contributed by atoms with Gasteiger partial charge in [0.25, 0.3) is 5.91 Å². The maximum Gasteiger partial charge on any atom is 0.339 e. The number of carbonyl (C=O) groups excluding carboxylic acids is 3. The van der Waals surface area contributed by atoms with E-state index in [2.05, 4.69) is 5.32 Å². The standard InChI is InChI=1S/C16H21N3O7/c1-5-25-13-7-6-11(8-12(13)19(23)24)15(21)26-10(4)14(20)18-16(22)17-9(2)3/h6-10H,5H2,1-4H3,(H2,17,18,20,22)/t10-/m1/s1. The van der Waals surface area contributed by atoms with E-state index in [0.29, 0.717) is 0 Å². The Bertz CT molecular complexity index is 703. The third kappa shape index (κ3) is 6.04. The smallest absolute Gasteiger partial charge is 0.339 e. The Hall–Kier alpha value is -3.17. The van der Waals surface area contributed by atoms with Crippen molar-refractivity contribution in [3.8, 4) is 5.75 Å². The van der Waals surface area contributed by atoms with Gasteiger partial charge in [-0.25, -0.2) is 9.59 Å². The lowest BCUT2D eigenvalue weighted by Gasteiger charge is -2.14. The van der Waals surface area contributed by atoms with Crippen molar-refractivity contribution in [1.29, 1.82) is 0 Å². The van der Waals surface area contributed by atoms with Crippen LogP contribution in [0.1, 0.15) is 38.1 Å². The quantitative estimate of drug-likeness (QED) is 0.425. The minimum Gasteiger partial charge on any atom is -0.487 e. The first-order chi connectivity index (χ1) is 12.1. The summed E-state index contributed by atoms with van der Waals surface area (Å²) in [5.41, 5.74) is -0.513. The largest absolute Gasteiger partial charge is 0.487 e. The highest BCUT2D eigenvalue weighted by Gasteiger charge is 2.24. The lowest BCUT2D eigenvalue weighted by molar-refractivity contribution is -0.385. The van der Waals surface area contributed by atoms with Crippen LogP contribution in [0.25, 0.3) is 0 Å². The van der Waals surface area contributed by atoms with E-state index in [1.54, 1.807) is 20.8 Å². The van der Waals surface area contributed by atoms with E-state index in [0.717, 1.165) is 6.07 Å². The van der Waals surface area contributed by atoms with Gasteiger partial charge in [-0.05, 0) is 39.8 Å². The molecule has 1 rings (SSSR count). The maximum absolute atomic E-state index is 12.1. The second kappa shape index (κ2) is 9.35. The zero-order chi connectivity index (χ0) is 19.9. The van der Waals surface area contributed by atoms with Crippen molar-refractivity contribution >= 4 is 23.6 Å². The number of nitrogens with zero attached hydrogens (tertiary/aromatic N) is 1. The zero-order valence-corrected chi connectivity index (χ0v) is 14.9. The number of imide groups is 1. The van der Waals surface area contributed by atoms with E-state index in [4.69, 9.17) is 9.47 Å². The van der Waals surface area contributed by atoms with Crippen molar-refractivity contribution in [3.63, 3.8) is 0 Å². The molecule has 0 heterocycles. The van der Waals surface area contributed by atoms with Gasteiger partial charge < -0.3 is 14.8 Å². The van der Waals surface area contributed by atoms with Gasteiger partial charge in [0.2, 0.25) is 0 Å². The molecule has 3 amide bonds. The number of ether oxygens (including phenoxy) is 2. The molecule has 0 saturated heterocycles. The summed E-state index contributed by atoms with van der Waals surface area (Å²) in [5, 5.41) is 15.6. The molecule has 0 spiro atoms. The van der Waals surface area contributed by atoms with Crippen LogP contribution in [0.5, 0.6) is 5.75 Å². The zero-order valence-electron chi connectivity index (χ0n) is 14.9. The number of benzene rings is 1. The average molecular weight is 367 g/mol. The van der Waals surface area contributed by atoms with Gasteiger partial charge in [0.1, 0.15) is 0 Å². The van der Waals surface area contributed by atoms with Crippen molar-refractivity contribution in [2.75, 3.05) is 6.61 Å². The highest BCUT2D eigenvalue weighted by molar-refractivity contribution is 5.98. The number of esters is 1. The topological polar surface area (TPSA) is 137 Å². The molecule has 0 aromatic heterocycles. The van der Waals surface area contributed by atoms with Crippen molar-refractivity contribution < 1.29 is 28.8 Å². The molecule has 10 nitrogen and oxygen atoms in total. The number of nitrogens with one attached hydrogen (secondary N) is 2. The molecule has 26 heavy (non-hydrogen) atoms. The van der Waals surface area contributed by atoms with Gasteiger partial charge in [-0.1, -0.05) is 0 Å². The molecule has 1 aromatic carbocycles. The number of rotatable bonds is 7. The summed E-state index contributed by atoms with van der Waals surface area (Å²) >= 11 is 0. The van der Waals surface area contributed by atoms with E-state index >= 15 is 0 Å². The van der Waals surface area contributed by atoms with Gasteiger partial charge in [-0.3, -0.25) is 20.2 Å². The molecule has 0 saturated carbocycles. The molecule has 0 fully saturated rings. The van der Waals surface area contributed by atoms with Gasteiger partial charge >= 0.3 is 17.7 Å². The predicted octanol–water partition coefficient (Wildman–Crippen LogP) is 1.77. The maximum atomic E-state index is 12.1. The van der Waals surface area contributed by atoms with Crippen LogP contribution in [-0.4, -0.2) is 41.6 Å². The molecule has 142 valence electrons. The molecule has 1 atom stereocenters. The fourth-order valence-corrected chi connectivity index (χ4v) is 1.86. The summed E-state index contributed by atoms with van der Waals surface area (Å²) in [5.74, 6) is -1.75. The summed E-state index contributed by atoms with van der Waals surface area (Å²) in [6.07, 6.45) is -1.27. The van der Waals surface area contributed by atoms with Crippen LogP contribution in [0.2, 0.25) is 0 Å². The number of nitro groups is 1. The number of amides is 3. The Balaban J connectivity index is 2.80. The summed E-state index contributed by atoms with van der Waals surface area (Å²) in [4.78, 5) is 45.8. The third-order valence-corrected chi connectivity index (χ3v) is 3.00. The molecule has 10 heteroatoms. The van der Waals surface area contributed by atoms with Crippen LogP contribution in [0.4, 0.5) is 10.5 Å². The van der Waals surface area contributed by atoms with Crippen molar-refractivity contribution in [2.24, 2.45) is 0 Å².